The Bertz CT molecular complexity index is 554. The molecule has 0 aliphatic rings. The molecule has 114 valence electrons. The highest BCUT2D eigenvalue weighted by Crippen LogP contribution is 2.18. The van der Waals surface area contributed by atoms with Crippen LogP contribution in [0.4, 0.5) is 0 Å². The number of nitrogens with two attached hydrogens (primary N) is 1. The number of nitrogens with zero attached hydrogens (tertiary/aromatic N) is 2. The minimum absolute atomic E-state index is 0.245. The molecule has 6 heteroatoms. The zero-order valence-corrected chi connectivity index (χ0v) is 13.1. The molecule has 3 N–H and O–H groups in total. The first-order valence-electron chi connectivity index (χ1n) is 6.98. The van der Waals surface area contributed by atoms with E-state index in [1.165, 1.54) is 0 Å². The Balaban J connectivity index is 1.89. The summed E-state index contributed by atoms with van der Waals surface area (Å²) >= 11 is 1.79. The van der Waals surface area contributed by atoms with Crippen LogP contribution in [0.1, 0.15) is 37.2 Å². The van der Waals surface area contributed by atoms with E-state index in [0.717, 1.165) is 17.1 Å². The molecule has 0 saturated carbocycles. The van der Waals surface area contributed by atoms with Crippen LogP contribution < -0.4 is 5.73 Å². The van der Waals surface area contributed by atoms with Gasteiger partial charge in [0.05, 0.1) is 11.8 Å². The van der Waals surface area contributed by atoms with Gasteiger partial charge < -0.3 is 15.4 Å². The first-order valence-corrected chi connectivity index (χ1v) is 8.13. The third kappa shape index (κ3) is 5.06. The van der Waals surface area contributed by atoms with Crippen molar-refractivity contribution in [3.05, 3.63) is 41.5 Å². The number of thioether (sulfide) groups is 1. The Morgan fingerprint density at radius 1 is 1.29 bits per heavy atom. The van der Waals surface area contributed by atoms with Gasteiger partial charge in [0.2, 0.25) is 5.89 Å². The molecule has 2 aromatic rings. The lowest BCUT2D eigenvalue weighted by atomic mass is 10.1. The molecule has 0 unspecified atom stereocenters. The quantitative estimate of drug-likeness (QED) is 0.818. The number of phenolic OH excluding ortho intramolecular Hbond substituents is 1. The van der Waals surface area contributed by atoms with Crippen molar-refractivity contribution in [3.63, 3.8) is 0 Å². The number of hydrogen-bond acceptors (Lipinski definition) is 6. The predicted molar refractivity (Wildman–Crippen MR) is 84.0 cm³/mol. The first-order chi connectivity index (χ1) is 10.0. The standard InChI is InChI=1S/C15H21N3O2S/c1-10(2)8-21-9-14-17-15(20-18-14)13(16)7-11-3-5-12(19)6-4-11/h3-6,10,13,19H,7-9,16H2,1-2H3/t13-/m0/s1. The van der Waals surface area contributed by atoms with Gasteiger partial charge in [-0.2, -0.15) is 16.7 Å². The summed E-state index contributed by atoms with van der Waals surface area (Å²) in [5.74, 6) is 3.87. The van der Waals surface area contributed by atoms with Crippen LogP contribution >= 0.6 is 11.8 Å². The van der Waals surface area contributed by atoms with Gasteiger partial charge >= 0.3 is 0 Å². The lowest BCUT2D eigenvalue weighted by molar-refractivity contribution is 0.351. The molecule has 1 heterocycles. The van der Waals surface area contributed by atoms with Crippen LogP contribution in [0.2, 0.25) is 0 Å². The number of hydrogen-bond donors (Lipinski definition) is 2. The van der Waals surface area contributed by atoms with Gasteiger partial charge in [-0.1, -0.05) is 31.1 Å². The first kappa shape index (κ1) is 15.9. The molecule has 0 amide bonds. The fourth-order valence-corrected chi connectivity index (χ4v) is 2.72. The minimum Gasteiger partial charge on any atom is -0.508 e. The van der Waals surface area contributed by atoms with Crippen LogP contribution in [0.25, 0.3) is 0 Å². The number of rotatable bonds is 7. The van der Waals surface area contributed by atoms with Gasteiger partial charge in [-0.25, -0.2) is 0 Å². The SMILES string of the molecule is CC(C)CSCc1noc([C@@H](N)Cc2ccc(O)cc2)n1. The van der Waals surface area contributed by atoms with Crippen molar-refractivity contribution < 1.29 is 9.63 Å². The summed E-state index contributed by atoms with van der Waals surface area (Å²) < 4.78 is 5.23. The van der Waals surface area contributed by atoms with E-state index >= 15 is 0 Å². The Labute approximate surface area is 128 Å². The molecule has 21 heavy (non-hydrogen) atoms. The fraction of sp³-hybridized carbons (Fsp3) is 0.467. The smallest absolute Gasteiger partial charge is 0.243 e. The largest absolute Gasteiger partial charge is 0.508 e. The summed E-state index contributed by atoms with van der Waals surface area (Å²) in [4.78, 5) is 4.35. The van der Waals surface area contributed by atoms with E-state index in [9.17, 15) is 5.11 Å². The molecule has 5 nitrogen and oxygen atoms in total. The zero-order chi connectivity index (χ0) is 15.2. The summed E-state index contributed by atoms with van der Waals surface area (Å²) in [6.07, 6.45) is 0.598. The number of benzene rings is 1. The Hall–Kier alpha value is -1.53. The predicted octanol–water partition coefficient (Wildman–Crippen LogP) is 2.91. The van der Waals surface area contributed by atoms with E-state index in [2.05, 4.69) is 24.0 Å². The van der Waals surface area contributed by atoms with Crippen molar-refractivity contribution in [2.75, 3.05) is 5.75 Å². The second-order valence-corrected chi connectivity index (χ2v) is 6.47. The normalized spacial score (nSPS) is 12.8. The van der Waals surface area contributed by atoms with E-state index in [0.29, 0.717) is 24.1 Å². The van der Waals surface area contributed by atoms with E-state index in [1.807, 2.05) is 12.1 Å². The van der Waals surface area contributed by atoms with Crippen LogP contribution in [-0.2, 0) is 12.2 Å². The van der Waals surface area contributed by atoms with Gasteiger partial charge in [-0.15, -0.1) is 0 Å². The molecule has 1 aromatic heterocycles. The van der Waals surface area contributed by atoms with Crippen molar-refractivity contribution in [2.45, 2.75) is 32.1 Å². The molecule has 0 fully saturated rings. The molecule has 1 aromatic carbocycles. The van der Waals surface area contributed by atoms with Gasteiger partial charge in [-0.05, 0) is 35.8 Å². The van der Waals surface area contributed by atoms with Crippen LogP contribution in [-0.4, -0.2) is 21.0 Å². The number of aromatic hydroxyl groups is 1. The maximum absolute atomic E-state index is 9.26. The summed E-state index contributed by atoms with van der Waals surface area (Å²) in [5, 5.41) is 13.2. The third-order valence-electron chi connectivity index (χ3n) is 2.88. The average Bonchev–Trinajstić information content (AvgIpc) is 2.90. The molecule has 0 spiro atoms. The maximum atomic E-state index is 9.26. The maximum Gasteiger partial charge on any atom is 0.243 e. The van der Waals surface area contributed by atoms with Gasteiger partial charge in [0.1, 0.15) is 5.75 Å². The highest BCUT2D eigenvalue weighted by Gasteiger charge is 2.15. The molecule has 0 bridgehead atoms. The van der Waals surface area contributed by atoms with Gasteiger partial charge in [0.15, 0.2) is 5.82 Å². The highest BCUT2D eigenvalue weighted by atomic mass is 32.2. The Morgan fingerprint density at radius 3 is 2.67 bits per heavy atom. The van der Waals surface area contributed by atoms with Gasteiger partial charge in [0, 0.05) is 0 Å². The topological polar surface area (TPSA) is 85.2 Å². The Morgan fingerprint density at radius 2 is 2.00 bits per heavy atom. The fourth-order valence-electron chi connectivity index (χ4n) is 1.84. The van der Waals surface area contributed by atoms with Gasteiger partial charge in [0.25, 0.3) is 0 Å². The van der Waals surface area contributed by atoms with Crippen LogP contribution in [0.5, 0.6) is 5.75 Å². The summed E-state index contributed by atoms with van der Waals surface area (Å²) in [7, 11) is 0. The molecular weight excluding hydrogens is 286 g/mol. The molecule has 0 aliphatic heterocycles. The zero-order valence-electron chi connectivity index (χ0n) is 12.3. The molecule has 0 aliphatic carbocycles. The third-order valence-corrected chi connectivity index (χ3v) is 4.24. The summed E-state index contributed by atoms with van der Waals surface area (Å²) in [5.41, 5.74) is 7.11. The van der Waals surface area contributed by atoms with Crippen LogP contribution in [0.15, 0.2) is 28.8 Å². The molecule has 1 atom stereocenters. The molecular formula is C15H21N3O2S. The van der Waals surface area contributed by atoms with E-state index in [1.54, 1.807) is 23.9 Å². The Kier molecular flexibility index (Phi) is 5.64. The van der Waals surface area contributed by atoms with E-state index < -0.39 is 0 Å². The lowest BCUT2D eigenvalue weighted by Gasteiger charge is -2.06. The monoisotopic (exact) mass is 307 g/mol. The van der Waals surface area contributed by atoms with Crippen molar-refractivity contribution in [1.82, 2.24) is 10.1 Å². The number of aromatic nitrogens is 2. The van der Waals surface area contributed by atoms with Crippen molar-refractivity contribution >= 4 is 11.8 Å². The van der Waals surface area contributed by atoms with Crippen LogP contribution in [0, 0.1) is 5.92 Å². The second-order valence-electron chi connectivity index (χ2n) is 5.43. The van der Waals surface area contributed by atoms with Gasteiger partial charge in [-0.3, -0.25) is 0 Å². The highest BCUT2D eigenvalue weighted by molar-refractivity contribution is 7.98. The molecule has 0 saturated heterocycles. The molecule has 0 radical (unpaired) electrons. The number of phenols is 1. The van der Waals surface area contributed by atoms with E-state index in [4.69, 9.17) is 10.3 Å². The van der Waals surface area contributed by atoms with Crippen LogP contribution in [0.3, 0.4) is 0 Å². The minimum atomic E-state index is -0.328. The lowest BCUT2D eigenvalue weighted by Crippen LogP contribution is -2.13. The summed E-state index contributed by atoms with van der Waals surface area (Å²) in [6, 6.07) is 6.63. The van der Waals surface area contributed by atoms with E-state index in [-0.39, 0.29) is 11.8 Å². The van der Waals surface area contributed by atoms with Crippen molar-refractivity contribution in [2.24, 2.45) is 11.7 Å². The molecule has 2 rings (SSSR count). The second kappa shape index (κ2) is 7.47. The average molecular weight is 307 g/mol. The van der Waals surface area contributed by atoms with Crippen molar-refractivity contribution in [3.8, 4) is 5.75 Å². The van der Waals surface area contributed by atoms with Crippen molar-refractivity contribution in [1.29, 1.82) is 0 Å². The summed E-state index contributed by atoms with van der Waals surface area (Å²) in [6.45, 7) is 4.37.